The molecular weight excluding hydrogens is 340 g/mol. The predicted octanol–water partition coefficient (Wildman–Crippen LogP) is 2.47. The smallest absolute Gasteiger partial charge is 0.323 e. The van der Waals surface area contributed by atoms with Gasteiger partial charge in [0.05, 0.1) is 11.0 Å². The predicted molar refractivity (Wildman–Crippen MR) is 98.5 cm³/mol. The second kappa shape index (κ2) is 6.29. The molecule has 0 aliphatic carbocycles. The van der Waals surface area contributed by atoms with Crippen LogP contribution in [0.1, 0.15) is 10.4 Å². The van der Waals surface area contributed by atoms with Crippen molar-refractivity contribution in [3.63, 3.8) is 0 Å². The summed E-state index contributed by atoms with van der Waals surface area (Å²) in [6.45, 7) is 2.81. The number of hydrogen-bond donors (Lipinski definition) is 2. The fourth-order valence-electron chi connectivity index (χ4n) is 3.16. The highest BCUT2D eigenvalue weighted by atomic mass is 35.5. The van der Waals surface area contributed by atoms with Crippen LogP contribution in [0.4, 0.5) is 5.69 Å². The Hall–Kier alpha value is -2.73. The second-order valence-corrected chi connectivity index (χ2v) is 6.53. The quantitative estimate of drug-likeness (QED) is 0.741. The summed E-state index contributed by atoms with van der Waals surface area (Å²) in [7, 11) is 0. The lowest BCUT2D eigenvalue weighted by Crippen LogP contribution is -2.48. The zero-order valence-corrected chi connectivity index (χ0v) is 14.2. The molecule has 2 N–H and O–H groups in total. The van der Waals surface area contributed by atoms with Crippen LogP contribution < -0.4 is 10.6 Å². The molecule has 2 aromatic carbocycles. The molecule has 1 amide bonds. The van der Waals surface area contributed by atoms with Crippen LogP contribution in [-0.2, 0) is 0 Å². The number of amides is 1. The molecule has 6 nitrogen and oxygen atoms in total. The normalized spacial score (nSPS) is 14.9. The van der Waals surface area contributed by atoms with E-state index >= 15 is 0 Å². The Balaban J connectivity index is 1.45. The van der Waals surface area contributed by atoms with Crippen molar-refractivity contribution in [1.82, 2.24) is 14.9 Å². The van der Waals surface area contributed by atoms with Gasteiger partial charge in [-0.25, -0.2) is 4.79 Å². The number of carbonyl (C=O) groups excluding carboxylic acids is 1. The average Bonchev–Trinajstić information content (AvgIpc) is 3.01. The minimum absolute atomic E-state index is 0.0294. The summed E-state index contributed by atoms with van der Waals surface area (Å²) in [6, 6.07) is 12.8. The van der Waals surface area contributed by atoms with Crippen LogP contribution in [-0.4, -0.2) is 47.0 Å². The number of nitrogens with one attached hydrogen (secondary N) is 2. The summed E-state index contributed by atoms with van der Waals surface area (Å²) in [5.74, 6) is 0.0294. The monoisotopic (exact) mass is 356 g/mol. The molecule has 1 aliphatic heterocycles. The van der Waals surface area contributed by atoms with Gasteiger partial charge >= 0.3 is 5.69 Å². The molecule has 0 atom stereocenters. The summed E-state index contributed by atoms with van der Waals surface area (Å²) in [5, 5.41) is 0.625. The van der Waals surface area contributed by atoms with Crippen LogP contribution in [0.2, 0.25) is 5.02 Å². The van der Waals surface area contributed by atoms with Gasteiger partial charge in [0.2, 0.25) is 0 Å². The van der Waals surface area contributed by atoms with E-state index in [4.69, 9.17) is 11.6 Å². The van der Waals surface area contributed by atoms with Gasteiger partial charge in [0.25, 0.3) is 5.91 Å². The number of carbonyl (C=O) groups is 1. The zero-order chi connectivity index (χ0) is 17.4. The number of aromatic nitrogens is 2. The van der Waals surface area contributed by atoms with Crippen LogP contribution >= 0.6 is 11.6 Å². The van der Waals surface area contributed by atoms with Crippen LogP contribution in [0.5, 0.6) is 0 Å². The van der Waals surface area contributed by atoms with Crippen molar-refractivity contribution in [3.8, 4) is 0 Å². The number of imidazole rings is 1. The van der Waals surface area contributed by atoms with Gasteiger partial charge in [0.1, 0.15) is 0 Å². The highest BCUT2D eigenvalue weighted by molar-refractivity contribution is 6.30. The number of H-pyrrole nitrogens is 2. The van der Waals surface area contributed by atoms with Gasteiger partial charge in [0, 0.05) is 42.5 Å². The van der Waals surface area contributed by atoms with E-state index in [-0.39, 0.29) is 11.6 Å². The summed E-state index contributed by atoms with van der Waals surface area (Å²) >= 11 is 5.88. The standard InChI is InChI=1S/C18H17ClN4O2/c19-13-3-1-12(2-4-13)17(24)23-9-7-22(8-10-23)14-5-6-15-16(11-14)21-18(25)20-15/h1-6,11H,7-10H2,(H2,20,21,25). The van der Waals surface area contributed by atoms with Crippen molar-refractivity contribution < 1.29 is 4.79 Å². The largest absolute Gasteiger partial charge is 0.368 e. The molecule has 128 valence electrons. The molecule has 2 heterocycles. The molecule has 4 rings (SSSR count). The summed E-state index contributed by atoms with van der Waals surface area (Å²) in [4.78, 5) is 33.5. The van der Waals surface area contributed by atoms with Gasteiger partial charge in [-0.15, -0.1) is 0 Å². The molecule has 3 aromatic rings. The van der Waals surface area contributed by atoms with E-state index in [0.29, 0.717) is 23.7 Å². The highest BCUT2D eigenvalue weighted by Gasteiger charge is 2.22. The van der Waals surface area contributed by atoms with Crippen molar-refractivity contribution in [2.24, 2.45) is 0 Å². The van der Waals surface area contributed by atoms with E-state index in [1.807, 2.05) is 23.1 Å². The molecule has 0 spiro atoms. The fraction of sp³-hybridized carbons (Fsp3) is 0.222. The number of piperazine rings is 1. The average molecular weight is 357 g/mol. The fourth-order valence-corrected chi connectivity index (χ4v) is 3.29. The summed E-state index contributed by atoms with van der Waals surface area (Å²) in [6.07, 6.45) is 0. The number of anilines is 1. The van der Waals surface area contributed by atoms with Gasteiger partial charge in [-0.2, -0.15) is 0 Å². The van der Waals surface area contributed by atoms with E-state index in [0.717, 1.165) is 29.8 Å². The van der Waals surface area contributed by atoms with Crippen molar-refractivity contribution in [2.75, 3.05) is 31.1 Å². The SMILES string of the molecule is O=C(c1ccc(Cl)cc1)N1CCN(c2ccc3[nH]c(=O)[nH]c3c2)CC1. The highest BCUT2D eigenvalue weighted by Crippen LogP contribution is 2.21. The lowest BCUT2D eigenvalue weighted by Gasteiger charge is -2.36. The lowest BCUT2D eigenvalue weighted by atomic mass is 10.1. The second-order valence-electron chi connectivity index (χ2n) is 6.10. The number of hydrogen-bond acceptors (Lipinski definition) is 3. The molecule has 0 saturated carbocycles. The first-order valence-corrected chi connectivity index (χ1v) is 8.50. The van der Waals surface area contributed by atoms with Crippen LogP contribution in [0.3, 0.4) is 0 Å². The van der Waals surface area contributed by atoms with Crippen LogP contribution in [0.15, 0.2) is 47.3 Å². The molecule has 1 aliphatic rings. The number of nitrogens with zero attached hydrogens (tertiary/aromatic N) is 2. The third-order valence-electron chi connectivity index (χ3n) is 4.52. The zero-order valence-electron chi connectivity index (χ0n) is 13.5. The van der Waals surface area contributed by atoms with Gasteiger partial charge in [-0.05, 0) is 42.5 Å². The van der Waals surface area contributed by atoms with Gasteiger partial charge < -0.3 is 19.8 Å². The first kappa shape index (κ1) is 15.8. The Bertz CT molecular complexity index is 969. The Morgan fingerprint density at radius 1 is 0.920 bits per heavy atom. The first-order chi connectivity index (χ1) is 12.1. The molecule has 1 fully saturated rings. The topological polar surface area (TPSA) is 72.2 Å². The van der Waals surface area contributed by atoms with Crippen LogP contribution in [0, 0.1) is 0 Å². The first-order valence-electron chi connectivity index (χ1n) is 8.12. The maximum atomic E-state index is 12.6. The molecule has 0 unspecified atom stereocenters. The minimum atomic E-state index is -0.203. The van der Waals surface area contributed by atoms with Crippen molar-refractivity contribution in [3.05, 3.63) is 63.5 Å². The van der Waals surface area contributed by atoms with Gasteiger partial charge in [-0.1, -0.05) is 11.6 Å². The molecule has 1 aromatic heterocycles. The molecule has 1 saturated heterocycles. The van der Waals surface area contributed by atoms with E-state index in [9.17, 15) is 9.59 Å². The van der Waals surface area contributed by atoms with Crippen LogP contribution in [0.25, 0.3) is 11.0 Å². The van der Waals surface area contributed by atoms with Crippen molar-refractivity contribution in [1.29, 1.82) is 0 Å². The van der Waals surface area contributed by atoms with E-state index in [1.165, 1.54) is 0 Å². The van der Waals surface area contributed by atoms with E-state index in [1.54, 1.807) is 24.3 Å². The van der Waals surface area contributed by atoms with Gasteiger partial charge in [0.15, 0.2) is 0 Å². The lowest BCUT2D eigenvalue weighted by molar-refractivity contribution is 0.0747. The third kappa shape index (κ3) is 3.13. The van der Waals surface area contributed by atoms with Crippen molar-refractivity contribution >= 4 is 34.2 Å². The number of aromatic amines is 2. The van der Waals surface area contributed by atoms with Crippen molar-refractivity contribution in [2.45, 2.75) is 0 Å². The Labute approximate surface area is 149 Å². The molecule has 0 radical (unpaired) electrons. The molecule has 25 heavy (non-hydrogen) atoms. The Kier molecular flexibility index (Phi) is 3.97. The molecule has 0 bridgehead atoms. The van der Waals surface area contributed by atoms with Gasteiger partial charge in [-0.3, -0.25) is 4.79 Å². The third-order valence-corrected chi connectivity index (χ3v) is 4.77. The number of halogens is 1. The Morgan fingerprint density at radius 3 is 2.32 bits per heavy atom. The van der Waals surface area contributed by atoms with E-state index in [2.05, 4.69) is 14.9 Å². The number of benzene rings is 2. The Morgan fingerprint density at radius 2 is 1.60 bits per heavy atom. The maximum absolute atomic E-state index is 12.6. The van der Waals surface area contributed by atoms with E-state index < -0.39 is 0 Å². The number of rotatable bonds is 2. The maximum Gasteiger partial charge on any atom is 0.323 e. The minimum Gasteiger partial charge on any atom is -0.368 e. The number of fused-ring (bicyclic) bond motifs is 1. The molecule has 7 heteroatoms. The molecular formula is C18H17ClN4O2. The summed E-state index contributed by atoms with van der Waals surface area (Å²) < 4.78 is 0. The summed E-state index contributed by atoms with van der Waals surface area (Å²) in [5.41, 5.74) is 3.09.